The van der Waals surface area contributed by atoms with Crippen molar-refractivity contribution in [3.63, 3.8) is 0 Å². The Labute approximate surface area is 253 Å². The Morgan fingerprint density at radius 3 is 2.16 bits per heavy atom. The molecule has 2 atom stereocenters. The van der Waals surface area contributed by atoms with Crippen LogP contribution in [0.25, 0.3) is 11.1 Å². The first-order valence-electron chi connectivity index (χ1n) is 14.9. The lowest BCUT2D eigenvalue weighted by Gasteiger charge is -2.42. The van der Waals surface area contributed by atoms with E-state index in [9.17, 15) is 14.7 Å². The minimum Gasteiger partial charge on any atom is -0.478 e. The van der Waals surface area contributed by atoms with Crippen LogP contribution in [0.5, 0.6) is 0 Å². The van der Waals surface area contributed by atoms with E-state index in [-0.39, 0.29) is 29.9 Å². The van der Waals surface area contributed by atoms with Crippen LogP contribution in [-0.2, 0) is 30.6 Å². The number of benzene rings is 5. The summed E-state index contributed by atoms with van der Waals surface area (Å²) in [6, 6.07) is 44.1. The summed E-state index contributed by atoms with van der Waals surface area (Å²) in [4.78, 5) is 28.4. The van der Waals surface area contributed by atoms with E-state index in [0.29, 0.717) is 6.54 Å². The van der Waals surface area contributed by atoms with Crippen LogP contribution in [0.15, 0.2) is 133 Å². The maximum Gasteiger partial charge on any atom is 0.335 e. The molecule has 1 amide bonds. The summed E-state index contributed by atoms with van der Waals surface area (Å²) in [6.45, 7) is 0.515. The number of hydrogen-bond acceptors (Lipinski definition) is 2. The Kier molecular flexibility index (Phi) is 8.46. The van der Waals surface area contributed by atoms with E-state index in [1.807, 2.05) is 54.6 Å². The van der Waals surface area contributed by atoms with Crippen molar-refractivity contribution in [2.45, 2.75) is 38.3 Å². The SMILES string of the molecule is O=C(O)c1cccc(-c2ccccc2CC(=O)N(Cc2ccccc2)C2c3ccccc3CCC2Cc2ccccc2)c1. The highest BCUT2D eigenvalue weighted by molar-refractivity contribution is 5.90. The monoisotopic (exact) mass is 565 g/mol. The fraction of sp³-hybridized carbons (Fsp3) is 0.179. The van der Waals surface area contributed by atoms with E-state index in [1.165, 1.54) is 16.7 Å². The first-order valence-corrected chi connectivity index (χ1v) is 14.9. The summed E-state index contributed by atoms with van der Waals surface area (Å²) < 4.78 is 0. The number of hydrogen-bond donors (Lipinski definition) is 1. The van der Waals surface area contributed by atoms with Gasteiger partial charge in [-0.05, 0) is 76.3 Å². The van der Waals surface area contributed by atoms with Gasteiger partial charge in [-0.2, -0.15) is 0 Å². The molecule has 214 valence electrons. The van der Waals surface area contributed by atoms with Crippen LogP contribution in [0.4, 0.5) is 0 Å². The van der Waals surface area contributed by atoms with Crippen molar-refractivity contribution in [1.29, 1.82) is 0 Å². The predicted octanol–water partition coefficient (Wildman–Crippen LogP) is 8.17. The lowest BCUT2D eigenvalue weighted by molar-refractivity contribution is -0.135. The van der Waals surface area contributed by atoms with Crippen molar-refractivity contribution in [2.24, 2.45) is 5.92 Å². The third-order valence-electron chi connectivity index (χ3n) is 8.58. The molecule has 0 saturated carbocycles. The molecule has 1 aliphatic carbocycles. The zero-order valence-electron chi connectivity index (χ0n) is 24.1. The van der Waals surface area contributed by atoms with Crippen molar-refractivity contribution in [3.05, 3.63) is 167 Å². The minimum absolute atomic E-state index is 0.0606. The van der Waals surface area contributed by atoms with Crippen LogP contribution in [0.2, 0.25) is 0 Å². The number of nitrogens with zero attached hydrogens (tertiary/aromatic N) is 1. The van der Waals surface area contributed by atoms with Crippen molar-refractivity contribution in [3.8, 4) is 11.1 Å². The van der Waals surface area contributed by atoms with E-state index in [4.69, 9.17) is 0 Å². The van der Waals surface area contributed by atoms with Gasteiger partial charge in [0.05, 0.1) is 18.0 Å². The zero-order chi connectivity index (χ0) is 29.6. The van der Waals surface area contributed by atoms with Crippen molar-refractivity contribution in [2.75, 3.05) is 0 Å². The molecule has 43 heavy (non-hydrogen) atoms. The molecule has 1 N–H and O–H groups in total. The number of aromatic carboxylic acids is 1. The average Bonchev–Trinajstić information content (AvgIpc) is 3.05. The topological polar surface area (TPSA) is 57.6 Å². The molecular formula is C39H35NO3. The van der Waals surface area contributed by atoms with Crippen LogP contribution in [0.1, 0.15) is 50.6 Å². The first kappa shape index (κ1) is 28.2. The Morgan fingerprint density at radius 2 is 1.40 bits per heavy atom. The quantitative estimate of drug-likeness (QED) is 0.196. The van der Waals surface area contributed by atoms with Gasteiger partial charge in [0, 0.05) is 6.54 Å². The van der Waals surface area contributed by atoms with Gasteiger partial charge in [0.25, 0.3) is 0 Å². The van der Waals surface area contributed by atoms with Crippen LogP contribution < -0.4 is 0 Å². The second kappa shape index (κ2) is 12.9. The standard InChI is InChI=1S/C39H35NO3/c41-37(26-32-17-8-9-20-35(32)31-18-11-19-34(25-31)39(42)43)40(27-29-14-5-2-6-15-29)38-33(24-28-12-3-1-4-13-28)23-22-30-16-7-10-21-36(30)38/h1-21,25,33,38H,22-24,26-27H2,(H,42,43). The van der Waals surface area contributed by atoms with Crippen LogP contribution in [0, 0.1) is 5.92 Å². The molecule has 2 unspecified atom stereocenters. The van der Waals surface area contributed by atoms with E-state index in [1.54, 1.807) is 18.2 Å². The van der Waals surface area contributed by atoms with Crippen LogP contribution in [-0.4, -0.2) is 21.9 Å². The summed E-state index contributed by atoms with van der Waals surface area (Å²) >= 11 is 0. The second-order valence-corrected chi connectivity index (χ2v) is 11.4. The summed E-state index contributed by atoms with van der Waals surface area (Å²) in [5.41, 5.74) is 7.72. The van der Waals surface area contributed by atoms with Crippen molar-refractivity contribution in [1.82, 2.24) is 4.90 Å². The molecule has 0 fully saturated rings. The maximum atomic E-state index is 14.6. The van der Waals surface area contributed by atoms with Gasteiger partial charge < -0.3 is 10.0 Å². The van der Waals surface area contributed by atoms with E-state index in [0.717, 1.165) is 41.5 Å². The third kappa shape index (κ3) is 6.44. The lowest BCUT2D eigenvalue weighted by Crippen LogP contribution is -2.42. The molecule has 5 aromatic rings. The third-order valence-corrected chi connectivity index (χ3v) is 8.58. The number of carbonyl (C=O) groups is 2. The van der Waals surface area contributed by atoms with Gasteiger partial charge in [-0.15, -0.1) is 0 Å². The smallest absolute Gasteiger partial charge is 0.335 e. The molecule has 4 heteroatoms. The zero-order valence-corrected chi connectivity index (χ0v) is 24.1. The molecule has 6 rings (SSSR count). The number of fused-ring (bicyclic) bond motifs is 1. The molecule has 0 aliphatic heterocycles. The molecule has 0 heterocycles. The largest absolute Gasteiger partial charge is 0.478 e. The molecule has 1 aliphatic rings. The van der Waals surface area contributed by atoms with Gasteiger partial charge in [0.2, 0.25) is 5.91 Å². The first-order chi connectivity index (χ1) is 21.1. The summed E-state index contributed by atoms with van der Waals surface area (Å²) in [5, 5.41) is 9.58. The number of carboxylic acid groups (broad SMARTS) is 1. The van der Waals surface area contributed by atoms with Gasteiger partial charge in [0.1, 0.15) is 0 Å². The number of rotatable bonds is 9. The predicted molar refractivity (Wildman–Crippen MR) is 171 cm³/mol. The highest BCUT2D eigenvalue weighted by Crippen LogP contribution is 2.41. The highest BCUT2D eigenvalue weighted by atomic mass is 16.4. The fourth-order valence-corrected chi connectivity index (χ4v) is 6.52. The normalized spacial score (nSPS) is 15.8. The van der Waals surface area contributed by atoms with Crippen molar-refractivity contribution < 1.29 is 14.7 Å². The van der Waals surface area contributed by atoms with Crippen LogP contribution >= 0.6 is 0 Å². The fourth-order valence-electron chi connectivity index (χ4n) is 6.52. The molecule has 0 aromatic heterocycles. The Hall–Kier alpha value is -4.96. The maximum absolute atomic E-state index is 14.6. The Morgan fingerprint density at radius 1 is 0.721 bits per heavy atom. The summed E-state index contributed by atoms with van der Waals surface area (Å²) in [5.74, 6) is -0.636. The summed E-state index contributed by atoms with van der Waals surface area (Å²) in [7, 11) is 0. The molecule has 0 saturated heterocycles. The van der Waals surface area contributed by atoms with Crippen molar-refractivity contribution >= 4 is 11.9 Å². The van der Waals surface area contributed by atoms with E-state index >= 15 is 0 Å². The molecule has 0 spiro atoms. The highest BCUT2D eigenvalue weighted by Gasteiger charge is 2.36. The average molecular weight is 566 g/mol. The van der Waals surface area contributed by atoms with Crippen LogP contribution in [0.3, 0.4) is 0 Å². The molecule has 4 nitrogen and oxygen atoms in total. The Balaban J connectivity index is 1.40. The van der Waals surface area contributed by atoms with Gasteiger partial charge >= 0.3 is 5.97 Å². The summed E-state index contributed by atoms with van der Waals surface area (Å²) in [6.07, 6.45) is 3.13. The number of carbonyl (C=O) groups excluding carboxylic acids is 1. The van der Waals surface area contributed by atoms with Gasteiger partial charge in [-0.1, -0.05) is 121 Å². The minimum atomic E-state index is -0.968. The number of amides is 1. The lowest BCUT2D eigenvalue weighted by atomic mass is 9.76. The van der Waals surface area contributed by atoms with E-state index in [2.05, 4.69) is 65.6 Å². The second-order valence-electron chi connectivity index (χ2n) is 11.4. The van der Waals surface area contributed by atoms with Gasteiger partial charge in [-0.3, -0.25) is 4.79 Å². The molecular weight excluding hydrogens is 530 g/mol. The molecule has 0 radical (unpaired) electrons. The number of aryl methyl sites for hydroxylation is 1. The van der Waals surface area contributed by atoms with Gasteiger partial charge in [-0.25, -0.2) is 4.79 Å². The Bertz CT molecular complexity index is 1710. The molecule has 0 bridgehead atoms. The number of carboxylic acids is 1. The van der Waals surface area contributed by atoms with Gasteiger partial charge in [0.15, 0.2) is 0 Å². The van der Waals surface area contributed by atoms with E-state index < -0.39 is 5.97 Å². The molecule has 5 aromatic carbocycles.